The Morgan fingerprint density at radius 1 is 1.15 bits per heavy atom. The Labute approximate surface area is 123 Å². The van der Waals surface area contributed by atoms with E-state index < -0.39 is 0 Å². The molecular weight excluding hydrogens is 268 g/mol. The van der Waals surface area contributed by atoms with Gasteiger partial charge in [-0.25, -0.2) is 4.79 Å². The van der Waals surface area contributed by atoms with Gasteiger partial charge in [0.2, 0.25) is 0 Å². The molecule has 2 N–H and O–H groups in total. The summed E-state index contributed by atoms with van der Waals surface area (Å²) < 4.78 is 0. The van der Waals surface area contributed by atoms with Crippen LogP contribution >= 0.6 is 11.8 Å². The van der Waals surface area contributed by atoms with Crippen molar-refractivity contribution in [3.8, 4) is 0 Å². The van der Waals surface area contributed by atoms with Crippen LogP contribution in [-0.4, -0.2) is 12.3 Å². The summed E-state index contributed by atoms with van der Waals surface area (Å²) in [6.45, 7) is 2.57. The molecule has 0 saturated heterocycles. The lowest BCUT2D eigenvalue weighted by atomic mass is 10.1. The Balaban J connectivity index is 1.91. The predicted molar refractivity (Wildman–Crippen MR) is 85.3 cm³/mol. The highest BCUT2D eigenvalue weighted by molar-refractivity contribution is 7.98. The minimum atomic E-state index is -0.188. The number of anilines is 1. The lowest BCUT2D eigenvalue weighted by Crippen LogP contribution is -2.28. The molecule has 0 aromatic heterocycles. The Morgan fingerprint density at radius 3 is 2.70 bits per heavy atom. The van der Waals surface area contributed by atoms with Gasteiger partial charge in [-0.3, -0.25) is 0 Å². The second-order valence-electron chi connectivity index (χ2n) is 4.47. The zero-order chi connectivity index (χ0) is 14.4. The predicted octanol–water partition coefficient (Wildman–Crippen LogP) is 4.04. The van der Waals surface area contributed by atoms with Gasteiger partial charge in [0, 0.05) is 17.1 Å². The lowest BCUT2D eigenvalue weighted by molar-refractivity contribution is 0.251. The number of carbonyl (C=O) groups is 1. The summed E-state index contributed by atoms with van der Waals surface area (Å²) in [5, 5.41) is 5.71. The van der Waals surface area contributed by atoms with Crippen molar-refractivity contribution in [1.82, 2.24) is 5.32 Å². The fourth-order valence-electron chi connectivity index (χ4n) is 1.86. The zero-order valence-corrected chi connectivity index (χ0v) is 12.5. The first-order valence-corrected chi connectivity index (χ1v) is 7.65. The van der Waals surface area contributed by atoms with Crippen LogP contribution in [0.25, 0.3) is 0 Å². The van der Waals surface area contributed by atoms with Gasteiger partial charge in [-0.15, -0.1) is 11.8 Å². The van der Waals surface area contributed by atoms with Crippen molar-refractivity contribution in [2.75, 3.05) is 11.6 Å². The maximum absolute atomic E-state index is 11.9. The van der Waals surface area contributed by atoms with E-state index in [-0.39, 0.29) is 6.03 Å². The first kappa shape index (κ1) is 14.5. The molecule has 4 heteroatoms. The fraction of sp³-hybridized carbons (Fsp3) is 0.188. The Kier molecular flexibility index (Phi) is 5.07. The van der Waals surface area contributed by atoms with Gasteiger partial charge in [0.25, 0.3) is 0 Å². The van der Waals surface area contributed by atoms with Crippen molar-refractivity contribution in [2.45, 2.75) is 18.4 Å². The van der Waals surface area contributed by atoms with Crippen molar-refractivity contribution in [3.05, 3.63) is 59.7 Å². The van der Waals surface area contributed by atoms with Gasteiger partial charge >= 0.3 is 6.03 Å². The van der Waals surface area contributed by atoms with E-state index in [1.54, 1.807) is 11.8 Å². The first-order chi connectivity index (χ1) is 9.69. The molecule has 0 unspecified atom stereocenters. The van der Waals surface area contributed by atoms with Crippen molar-refractivity contribution in [1.29, 1.82) is 0 Å². The highest BCUT2D eigenvalue weighted by Gasteiger charge is 2.03. The largest absolute Gasteiger partial charge is 0.334 e. The maximum atomic E-state index is 11.9. The van der Waals surface area contributed by atoms with Gasteiger partial charge in [0.1, 0.15) is 0 Å². The molecule has 0 aliphatic heterocycles. The van der Waals surface area contributed by atoms with Gasteiger partial charge in [-0.05, 0) is 42.5 Å². The summed E-state index contributed by atoms with van der Waals surface area (Å²) in [5.41, 5.74) is 3.11. The third-order valence-corrected chi connectivity index (χ3v) is 3.75. The van der Waals surface area contributed by atoms with Crippen molar-refractivity contribution >= 4 is 23.5 Å². The number of hydrogen-bond donors (Lipinski definition) is 2. The van der Waals surface area contributed by atoms with E-state index in [1.165, 1.54) is 5.56 Å². The number of nitrogens with one attached hydrogen (secondary N) is 2. The average molecular weight is 286 g/mol. The van der Waals surface area contributed by atoms with E-state index in [1.807, 2.05) is 61.7 Å². The number of thioether (sulfide) groups is 1. The van der Waals surface area contributed by atoms with Gasteiger partial charge < -0.3 is 10.6 Å². The molecule has 0 atom stereocenters. The van der Waals surface area contributed by atoms with Crippen LogP contribution in [0.2, 0.25) is 0 Å². The smallest absolute Gasteiger partial charge is 0.319 e. The number of hydrogen-bond acceptors (Lipinski definition) is 2. The number of urea groups is 1. The van der Waals surface area contributed by atoms with Crippen LogP contribution in [-0.2, 0) is 6.54 Å². The summed E-state index contributed by atoms with van der Waals surface area (Å²) >= 11 is 1.65. The standard InChI is InChI=1S/C16H18N2OS/c1-12-6-3-4-7-13(12)11-17-16(19)18-14-8-5-9-15(10-14)20-2/h3-10H,11H2,1-2H3,(H2,17,18,19). The van der Waals surface area contributed by atoms with Gasteiger partial charge in [-0.2, -0.15) is 0 Å². The minimum Gasteiger partial charge on any atom is -0.334 e. The van der Waals surface area contributed by atoms with E-state index >= 15 is 0 Å². The van der Waals surface area contributed by atoms with Crippen LogP contribution < -0.4 is 10.6 Å². The molecule has 0 aliphatic rings. The molecule has 0 heterocycles. The molecule has 104 valence electrons. The number of aryl methyl sites for hydroxylation is 1. The molecule has 20 heavy (non-hydrogen) atoms. The molecule has 0 radical (unpaired) electrons. The summed E-state index contributed by atoms with van der Waals surface area (Å²) in [6, 6.07) is 15.6. The molecule has 2 rings (SSSR count). The molecule has 0 aliphatic carbocycles. The van der Waals surface area contributed by atoms with Gasteiger partial charge in [0.15, 0.2) is 0 Å². The van der Waals surface area contributed by atoms with Crippen molar-refractivity contribution < 1.29 is 4.79 Å². The molecule has 2 aromatic rings. The van der Waals surface area contributed by atoms with Crippen LogP contribution in [0.3, 0.4) is 0 Å². The second kappa shape index (κ2) is 7.01. The second-order valence-corrected chi connectivity index (χ2v) is 5.35. The monoisotopic (exact) mass is 286 g/mol. The van der Waals surface area contributed by atoms with E-state index in [0.717, 1.165) is 16.1 Å². The molecule has 0 saturated carbocycles. The van der Waals surface area contributed by atoms with E-state index in [0.29, 0.717) is 6.54 Å². The normalized spacial score (nSPS) is 10.1. The summed E-state index contributed by atoms with van der Waals surface area (Å²) in [7, 11) is 0. The molecule has 3 nitrogen and oxygen atoms in total. The Bertz CT molecular complexity index is 599. The molecular formula is C16H18N2OS. The van der Waals surface area contributed by atoms with Crippen LogP contribution in [0, 0.1) is 6.92 Å². The first-order valence-electron chi connectivity index (χ1n) is 6.42. The third kappa shape index (κ3) is 4.03. The van der Waals surface area contributed by atoms with E-state index in [4.69, 9.17) is 0 Å². The van der Waals surface area contributed by atoms with Crippen LogP contribution in [0.1, 0.15) is 11.1 Å². The average Bonchev–Trinajstić information content (AvgIpc) is 2.46. The van der Waals surface area contributed by atoms with Crippen molar-refractivity contribution in [2.24, 2.45) is 0 Å². The molecule has 0 spiro atoms. The minimum absolute atomic E-state index is 0.188. The third-order valence-electron chi connectivity index (χ3n) is 3.03. The van der Waals surface area contributed by atoms with Crippen LogP contribution in [0.15, 0.2) is 53.4 Å². The lowest BCUT2D eigenvalue weighted by Gasteiger charge is -2.10. The van der Waals surface area contributed by atoms with Gasteiger partial charge in [0.05, 0.1) is 0 Å². The number of benzene rings is 2. The quantitative estimate of drug-likeness (QED) is 0.833. The maximum Gasteiger partial charge on any atom is 0.319 e. The van der Waals surface area contributed by atoms with Crippen LogP contribution in [0.4, 0.5) is 10.5 Å². The van der Waals surface area contributed by atoms with E-state index in [9.17, 15) is 4.79 Å². The topological polar surface area (TPSA) is 41.1 Å². The molecule has 0 bridgehead atoms. The summed E-state index contributed by atoms with van der Waals surface area (Å²) in [5.74, 6) is 0. The van der Waals surface area contributed by atoms with Gasteiger partial charge in [-0.1, -0.05) is 30.3 Å². The Morgan fingerprint density at radius 2 is 1.95 bits per heavy atom. The van der Waals surface area contributed by atoms with Crippen LogP contribution in [0.5, 0.6) is 0 Å². The van der Waals surface area contributed by atoms with E-state index in [2.05, 4.69) is 10.6 Å². The number of amides is 2. The fourth-order valence-corrected chi connectivity index (χ4v) is 2.32. The summed E-state index contributed by atoms with van der Waals surface area (Å²) in [6.07, 6.45) is 2.01. The highest BCUT2D eigenvalue weighted by atomic mass is 32.2. The molecule has 0 fully saturated rings. The molecule has 2 aromatic carbocycles. The number of carbonyl (C=O) groups excluding carboxylic acids is 1. The SMILES string of the molecule is CSc1cccc(NC(=O)NCc2ccccc2C)c1. The number of rotatable bonds is 4. The summed E-state index contributed by atoms with van der Waals surface area (Å²) in [4.78, 5) is 13.0. The van der Waals surface area contributed by atoms with Crippen molar-refractivity contribution in [3.63, 3.8) is 0 Å². The molecule has 2 amide bonds. The Hall–Kier alpha value is -1.94. The highest BCUT2D eigenvalue weighted by Crippen LogP contribution is 2.18. The zero-order valence-electron chi connectivity index (χ0n) is 11.6.